The van der Waals surface area contributed by atoms with E-state index in [0.29, 0.717) is 32.5 Å². The quantitative estimate of drug-likeness (QED) is 0.237. The Balaban J connectivity index is 1.44. The first kappa shape index (κ1) is 25.2. The lowest BCUT2D eigenvalue weighted by molar-refractivity contribution is -0.115. The minimum atomic E-state index is -0.214. The molecule has 0 radical (unpaired) electrons. The summed E-state index contributed by atoms with van der Waals surface area (Å²) in [4.78, 5) is 17.9. The molecule has 0 saturated carbocycles. The summed E-state index contributed by atoms with van der Waals surface area (Å²) in [6.45, 7) is 2.79. The summed E-state index contributed by atoms with van der Waals surface area (Å²) >= 11 is 13.7. The summed E-state index contributed by atoms with van der Waals surface area (Å²) < 4.78 is 11.7. The van der Waals surface area contributed by atoms with Crippen LogP contribution in [0.25, 0.3) is 16.8 Å². The molecule has 1 amide bonds. The third kappa shape index (κ3) is 5.93. The van der Waals surface area contributed by atoms with E-state index >= 15 is 0 Å². The van der Waals surface area contributed by atoms with E-state index in [1.165, 1.54) is 11.8 Å². The molecule has 186 valence electrons. The van der Waals surface area contributed by atoms with Gasteiger partial charge in [0.2, 0.25) is 0 Å². The highest BCUT2D eigenvalue weighted by Crippen LogP contribution is 2.35. The lowest BCUT2D eigenvalue weighted by Crippen LogP contribution is -2.19. The van der Waals surface area contributed by atoms with Crippen molar-refractivity contribution in [3.63, 3.8) is 0 Å². The average Bonchev–Trinajstić information content (AvgIpc) is 3.24. The van der Waals surface area contributed by atoms with Crippen LogP contribution >= 0.6 is 35.0 Å². The zero-order valence-electron chi connectivity index (χ0n) is 19.8. The van der Waals surface area contributed by atoms with Crippen LogP contribution in [0, 0.1) is 0 Å². The van der Waals surface area contributed by atoms with Gasteiger partial charge in [0.25, 0.3) is 5.91 Å². The number of benzene rings is 4. The molecular formula is C29H22Cl2N2O3S. The largest absolute Gasteiger partial charge is 0.494 e. The minimum Gasteiger partial charge on any atom is -0.494 e. The van der Waals surface area contributed by atoms with E-state index in [0.717, 1.165) is 33.3 Å². The molecule has 37 heavy (non-hydrogen) atoms. The predicted octanol–water partition coefficient (Wildman–Crippen LogP) is 8.02. The van der Waals surface area contributed by atoms with Crippen LogP contribution in [0.2, 0.25) is 10.0 Å². The van der Waals surface area contributed by atoms with Crippen LogP contribution in [0.3, 0.4) is 0 Å². The van der Waals surface area contributed by atoms with Gasteiger partial charge >= 0.3 is 0 Å². The van der Waals surface area contributed by atoms with Crippen molar-refractivity contribution in [1.29, 1.82) is 0 Å². The van der Waals surface area contributed by atoms with E-state index < -0.39 is 0 Å². The summed E-state index contributed by atoms with van der Waals surface area (Å²) in [5.41, 5.74) is 2.35. The van der Waals surface area contributed by atoms with E-state index in [4.69, 9.17) is 32.7 Å². The number of halogens is 2. The van der Waals surface area contributed by atoms with Gasteiger partial charge in [-0.1, -0.05) is 59.6 Å². The maximum atomic E-state index is 12.9. The molecule has 1 saturated heterocycles. The number of ether oxygens (including phenoxy) is 2. The number of amides is 1. The highest BCUT2D eigenvalue weighted by atomic mass is 35.5. The van der Waals surface area contributed by atoms with Crippen LogP contribution in [0.4, 0.5) is 5.69 Å². The third-order valence-corrected chi connectivity index (χ3v) is 7.13. The van der Waals surface area contributed by atoms with E-state index in [1.54, 1.807) is 12.1 Å². The standard InChI is InChI=1S/C29H22Cl2N2O3S/c1-2-35-22-12-10-21(11-13-22)32-29-33-28(34)27(37-29)16-24-23-6-4-3-5-18(23)8-14-26(24)36-17-19-7-9-20(30)15-25(19)31/h3-16H,2,17H2,1H3,(H,32,33,34)/b27-16+. The lowest BCUT2D eigenvalue weighted by atomic mass is 10.0. The molecule has 1 aliphatic heterocycles. The van der Waals surface area contributed by atoms with Gasteiger partial charge in [-0.25, -0.2) is 4.99 Å². The van der Waals surface area contributed by atoms with Gasteiger partial charge in [-0.05, 0) is 78.0 Å². The second kappa shape index (κ2) is 11.3. The number of fused-ring (bicyclic) bond motifs is 1. The number of amidine groups is 1. The lowest BCUT2D eigenvalue weighted by Gasteiger charge is -2.13. The Morgan fingerprint density at radius 3 is 2.57 bits per heavy atom. The molecule has 8 heteroatoms. The summed E-state index contributed by atoms with van der Waals surface area (Å²) in [7, 11) is 0. The van der Waals surface area contributed by atoms with Crippen LogP contribution in [-0.4, -0.2) is 17.7 Å². The Labute approximate surface area is 229 Å². The fourth-order valence-corrected chi connectivity index (χ4v) is 5.14. The Hall–Kier alpha value is -3.45. The number of aliphatic imine (C=N–C) groups is 1. The summed E-state index contributed by atoms with van der Waals surface area (Å²) in [5.74, 6) is 1.20. The van der Waals surface area contributed by atoms with Crippen molar-refractivity contribution in [1.82, 2.24) is 5.32 Å². The zero-order chi connectivity index (χ0) is 25.8. The van der Waals surface area contributed by atoms with Gasteiger partial charge in [0, 0.05) is 21.2 Å². The van der Waals surface area contributed by atoms with E-state index in [9.17, 15) is 4.79 Å². The van der Waals surface area contributed by atoms with Crippen LogP contribution < -0.4 is 14.8 Å². The Morgan fingerprint density at radius 1 is 0.973 bits per heavy atom. The second-order valence-electron chi connectivity index (χ2n) is 8.13. The maximum Gasteiger partial charge on any atom is 0.264 e. The van der Waals surface area contributed by atoms with E-state index in [2.05, 4.69) is 10.3 Å². The van der Waals surface area contributed by atoms with Crippen LogP contribution in [0.15, 0.2) is 88.8 Å². The smallest absolute Gasteiger partial charge is 0.264 e. The van der Waals surface area contributed by atoms with Gasteiger partial charge in [-0.2, -0.15) is 0 Å². The topological polar surface area (TPSA) is 59.9 Å². The van der Waals surface area contributed by atoms with Gasteiger partial charge in [0.05, 0.1) is 17.2 Å². The molecule has 1 aliphatic rings. The zero-order valence-corrected chi connectivity index (χ0v) is 22.2. The first-order valence-electron chi connectivity index (χ1n) is 11.6. The number of nitrogens with zero attached hydrogens (tertiary/aromatic N) is 1. The molecule has 1 N–H and O–H groups in total. The summed E-state index contributed by atoms with van der Waals surface area (Å²) in [6.07, 6.45) is 1.85. The number of nitrogens with one attached hydrogen (secondary N) is 1. The highest BCUT2D eigenvalue weighted by Gasteiger charge is 2.25. The number of carbonyl (C=O) groups is 1. The molecule has 0 aliphatic carbocycles. The fraction of sp³-hybridized carbons (Fsp3) is 0.103. The molecule has 0 unspecified atom stereocenters. The van der Waals surface area contributed by atoms with Crippen LogP contribution in [0.1, 0.15) is 18.1 Å². The fourth-order valence-electron chi connectivity index (χ4n) is 3.86. The Morgan fingerprint density at radius 2 is 1.78 bits per heavy atom. The van der Waals surface area contributed by atoms with E-state index in [-0.39, 0.29) is 12.5 Å². The normalized spacial score (nSPS) is 15.4. The second-order valence-corrected chi connectivity index (χ2v) is 10.0. The number of hydrogen-bond donors (Lipinski definition) is 1. The number of carbonyl (C=O) groups excluding carboxylic acids is 1. The molecular weight excluding hydrogens is 527 g/mol. The first-order chi connectivity index (χ1) is 18.0. The number of thioether (sulfide) groups is 1. The molecule has 0 spiro atoms. The summed E-state index contributed by atoms with van der Waals surface area (Å²) in [6, 6.07) is 24.6. The van der Waals surface area contributed by atoms with Crippen LogP contribution in [-0.2, 0) is 11.4 Å². The Bertz CT molecular complexity index is 1530. The molecule has 4 aromatic carbocycles. The molecule has 1 heterocycles. The minimum absolute atomic E-state index is 0.214. The molecule has 5 rings (SSSR count). The SMILES string of the molecule is CCOc1ccc(N=C2NC(=O)/C(=C\c3c(OCc4ccc(Cl)cc4Cl)ccc4ccccc34)S2)cc1. The molecule has 5 nitrogen and oxygen atoms in total. The maximum absolute atomic E-state index is 12.9. The van der Waals surface area contributed by atoms with E-state index in [1.807, 2.05) is 79.7 Å². The predicted molar refractivity (Wildman–Crippen MR) is 153 cm³/mol. The molecule has 0 atom stereocenters. The summed E-state index contributed by atoms with van der Waals surface area (Å²) in [5, 5.41) is 6.48. The van der Waals surface area contributed by atoms with Gasteiger partial charge in [-0.15, -0.1) is 0 Å². The molecule has 0 aromatic heterocycles. The van der Waals surface area contributed by atoms with Crippen molar-refractivity contribution in [2.24, 2.45) is 4.99 Å². The van der Waals surface area contributed by atoms with Crippen molar-refractivity contribution in [3.8, 4) is 11.5 Å². The monoisotopic (exact) mass is 548 g/mol. The average molecular weight is 549 g/mol. The van der Waals surface area contributed by atoms with Gasteiger partial charge in [0.1, 0.15) is 18.1 Å². The van der Waals surface area contributed by atoms with Gasteiger partial charge in [0.15, 0.2) is 5.17 Å². The number of hydrogen-bond acceptors (Lipinski definition) is 5. The molecule has 1 fully saturated rings. The molecule has 0 bridgehead atoms. The van der Waals surface area contributed by atoms with Gasteiger partial charge < -0.3 is 14.8 Å². The van der Waals surface area contributed by atoms with Crippen molar-refractivity contribution >= 4 is 68.6 Å². The molecule has 4 aromatic rings. The van der Waals surface area contributed by atoms with Crippen molar-refractivity contribution in [2.75, 3.05) is 6.61 Å². The first-order valence-corrected chi connectivity index (χ1v) is 13.2. The van der Waals surface area contributed by atoms with Gasteiger partial charge in [-0.3, -0.25) is 4.79 Å². The Kier molecular flexibility index (Phi) is 7.70. The van der Waals surface area contributed by atoms with Crippen molar-refractivity contribution < 1.29 is 14.3 Å². The van der Waals surface area contributed by atoms with Crippen molar-refractivity contribution in [3.05, 3.63) is 105 Å². The van der Waals surface area contributed by atoms with Crippen molar-refractivity contribution in [2.45, 2.75) is 13.5 Å². The highest BCUT2D eigenvalue weighted by molar-refractivity contribution is 8.18. The number of rotatable bonds is 7. The third-order valence-electron chi connectivity index (χ3n) is 5.63. The van der Waals surface area contributed by atoms with Crippen LogP contribution in [0.5, 0.6) is 11.5 Å².